The van der Waals surface area contributed by atoms with E-state index < -0.39 is 0 Å². The molecule has 0 bridgehead atoms. The number of hydrogen-bond donors (Lipinski definition) is 4. The van der Waals surface area contributed by atoms with E-state index in [0.29, 0.717) is 17.3 Å². The Morgan fingerprint density at radius 2 is 1.70 bits per heavy atom. The summed E-state index contributed by atoms with van der Waals surface area (Å²) in [5, 5.41) is 11.7. The van der Waals surface area contributed by atoms with Gasteiger partial charge in [0.25, 0.3) is 0 Å². The van der Waals surface area contributed by atoms with E-state index in [2.05, 4.69) is 64.7 Å². The monoisotopic (exact) mass is 405 g/mol. The Bertz CT molecular complexity index is 1060. The van der Waals surface area contributed by atoms with Crippen LogP contribution in [0.1, 0.15) is 46.2 Å². The number of piperidine rings is 1. The van der Waals surface area contributed by atoms with Crippen LogP contribution in [0.4, 0.5) is 23.0 Å². The van der Waals surface area contributed by atoms with Gasteiger partial charge in [0.05, 0.1) is 11.2 Å². The zero-order valence-corrected chi connectivity index (χ0v) is 18.4. The largest absolute Gasteiger partial charge is 0.393 e. The zero-order valence-electron chi connectivity index (χ0n) is 18.4. The second-order valence-corrected chi connectivity index (χ2v) is 9.58. The zero-order chi connectivity index (χ0) is 21.5. The number of aryl methyl sites for hydroxylation is 1. The first-order valence-corrected chi connectivity index (χ1v) is 10.4. The van der Waals surface area contributed by atoms with Gasteiger partial charge in [-0.2, -0.15) is 0 Å². The van der Waals surface area contributed by atoms with Crippen molar-refractivity contribution in [1.29, 1.82) is 0 Å². The van der Waals surface area contributed by atoms with Gasteiger partial charge in [-0.25, -0.2) is 9.97 Å². The van der Waals surface area contributed by atoms with Crippen molar-refractivity contribution < 1.29 is 0 Å². The van der Waals surface area contributed by atoms with Crippen LogP contribution in [0.3, 0.4) is 0 Å². The minimum Gasteiger partial charge on any atom is -0.393 e. The Morgan fingerprint density at radius 3 is 2.43 bits per heavy atom. The van der Waals surface area contributed by atoms with Gasteiger partial charge < -0.3 is 21.7 Å². The molecule has 3 heterocycles. The summed E-state index contributed by atoms with van der Waals surface area (Å²) in [5.74, 6) is 1.24. The molecule has 2 aromatic heterocycles. The molecule has 158 valence electrons. The van der Waals surface area contributed by atoms with E-state index in [1.165, 1.54) is 0 Å². The lowest BCUT2D eigenvalue weighted by Gasteiger charge is -2.46. The number of nitrogens with zero attached hydrogens (tertiary/aromatic N) is 3. The van der Waals surface area contributed by atoms with Crippen LogP contribution in [0.25, 0.3) is 10.9 Å². The Kier molecular flexibility index (Phi) is 5.02. The highest BCUT2D eigenvalue weighted by atomic mass is 15.1. The summed E-state index contributed by atoms with van der Waals surface area (Å²) in [6.07, 6.45) is 3.51. The highest BCUT2D eigenvalue weighted by Gasteiger charge is 2.37. The molecule has 1 saturated heterocycles. The van der Waals surface area contributed by atoms with Crippen LogP contribution in [0.2, 0.25) is 0 Å². The lowest BCUT2D eigenvalue weighted by atomic mass is 9.79. The fraction of sp³-hybridized carbons (Fsp3) is 0.435. The van der Waals surface area contributed by atoms with Gasteiger partial charge in [0.2, 0.25) is 0 Å². The molecular weight excluding hydrogens is 374 g/mol. The summed E-state index contributed by atoms with van der Waals surface area (Å²) in [7, 11) is 0. The van der Waals surface area contributed by atoms with Gasteiger partial charge >= 0.3 is 0 Å². The van der Waals surface area contributed by atoms with E-state index in [0.717, 1.165) is 35.1 Å². The summed E-state index contributed by atoms with van der Waals surface area (Å²) >= 11 is 0. The Balaban J connectivity index is 1.61. The summed E-state index contributed by atoms with van der Waals surface area (Å²) in [6.45, 7) is 10.9. The van der Waals surface area contributed by atoms with Crippen molar-refractivity contribution in [3.8, 4) is 0 Å². The van der Waals surface area contributed by atoms with Gasteiger partial charge in [0.1, 0.15) is 12.0 Å². The number of rotatable bonds is 4. The molecule has 0 unspecified atom stereocenters. The number of benzene rings is 1. The molecule has 0 atom stereocenters. The molecule has 4 rings (SSSR count). The lowest BCUT2D eigenvalue weighted by molar-refractivity contribution is 0.170. The Morgan fingerprint density at radius 1 is 1.00 bits per heavy atom. The molecule has 30 heavy (non-hydrogen) atoms. The van der Waals surface area contributed by atoms with E-state index in [1.54, 1.807) is 6.33 Å². The second-order valence-electron chi connectivity index (χ2n) is 9.58. The SMILES string of the molecule is Cc1ccc2cccc(Nc3ncnc(NC4CC(C)(C)NC(C)(C)C4)c3N)c2n1. The van der Waals surface area contributed by atoms with Crippen molar-refractivity contribution in [1.82, 2.24) is 20.3 Å². The Hall–Kier alpha value is -2.93. The standard InChI is InChI=1S/C23H31N7/c1-14-9-10-15-7-6-8-17(19(15)27-14)29-21-18(24)20(25-13-26-21)28-16-11-22(2,3)30-23(4,5)12-16/h6-10,13,16,30H,11-12,24H2,1-5H3,(H2,25,26,28,29). The highest BCUT2D eigenvalue weighted by Crippen LogP contribution is 2.33. The van der Waals surface area contributed by atoms with Gasteiger partial charge in [0, 0.05) is 28.2 Å². The van der Waals surface area contributed by atoms with Crippen molar-refractivity contribution in [3.63, 3.8) is 0 Å². The van der Waals surface area contributed by atoms with Crippen LogP contribution in [0.5, 0.6) is 0 Å². The number of pyridine rings is 1. The fourth-order valence-corrected chi connectivity index (χ4v) is 4.70. The quantitative estimate of drug-likeness (QED) is 0.511. The van der Waals surface area contributed by atoms with Crippen molar-refractivity contribution in [3.05, 3.63) is 42.4 Å². The lowest BCUT2D eigenvalue weighted by Crippen LogP contribution is -2.60. The number of hydrogen-bond acceptors (Lipinski definition) is 7. The average Bonchev–Trinajstić information content (AvgIpc) is 2.63. The van der Waals surface area contributed by atoms with Crippen LogP contribution in [-0.4, -0.2) is 32.1 Å². The molecule has 1 aromatic carbocycles. The number of anilines is 4. The summed E-state index contributed by atoms with van der Waals surface area (Å²) in [4.78, 5) is 13.5. The highest BCUT2D eigenvalue weighted by molar-refractivity contribution is 5.93. The summed E-state index contributed by atoms with van der Waals surface area (Å²) in [5.41, 5.74) is 9.79. The van der Waals surface area contributed by atoms with Crippen molar-refractivity contribution >= 4 is 33.9 Å². The van der Waals surface area contributed by atoms with Crippen LogP contribution in [-0.2, 0) is 0 Å². The smallest absolute Gasteiger partial charge is 0.159 e. The molecule has 0 amide bonds. The van der Waals surface area contributed by atoms with Crippen LogP contribution >= 0.6 is 0 Å². The predicted molar refractivity (Wildman–Crippen MR) is 124 cm³/mol. The molecule has 3 aromatic rings. The molecular formula is C23H31N7. The van der Waals surface area contributed by atoms with E-state index >= 15 is 0 Å². The van der Waals surface area contributed by atoms with Gasteiger partial charge in [-0.15, -0.1) is 0 Å². The van der Waals surface area contributed by atoms with Crippen LogP contribution < -0.4 is 21.7 Å². The third-order valence-corrected chi connectivity index (χ3v) is 5.53. The number of fused-ring (bicyclic) bond motifs is 1. The van der Waals surface area contributed by atoms with Gasteiger partial charge in [-0.05, 0) is 59.6 Å². The van der Waals surface area contributed by atoms with E-state index in [4.69, 9.17) is 5.73 Å². The topological polar surface area (TPSA) is 101 Å². The Labute approximate surface area is 177 Å². The summed E-state index contributed by atoms with van der Waals surface area (Å²) in [6, 6.07) is 10.4. The normalized spacial score (nSPS) is 18.3. The van der Waals surface area contributed by atoms with Gasteiger partial charge in [0.15, 0.2) is 11.6 Å². The van der Waals surface area contributed by atoms with E-state index in [-0.39, 0.29) is 17.1 Å². The maximum absolute atomic E-state index is 6.47. The minimum atomic E-state index is 0.0365. The van der Waals surface area contributed by atoms with Crippen LogP contribution in [0, 0.1) is 6.92 Å². The number of para-hydroxylation sites is 1. The molecule has 7 heteroatoms. The molecule has 5 N–H and O–H groups in total. The van der Waals surface area contributed by atoms with Crippen molar-refractivity contribution in [2.75, 3.05) is 16.4 Å². The van der Waals surface area contributed by atoms with E-state index in [1.807, 2.05) is 31.2 Å². The molecule has 0 spiro atoms. The van der Waals surface area contributed by atoms with E-state index in [9.17, 15) is 0 Å². The molecule has 0 radical (unpaired) electrons. The maximum atomic E-state index is 6.47. The molecule has 0 aliphatic carbocycles. The predicted octanol–water partition coefficient (Wildman–Crippen LogP) is 4.38. The van der Waals surface area contributed by atoms with Crippen molar-refractivity contribution in [2.45, 2.75) is 64.6 Å². The second kappa shape index (κ2) is 7.40. The number of aromatic nitrogens is 3. The first-order chi connectivity index (χ1) is 14.1. The molecule has 1 fully saturated rings. The first kappa shape index (κ1) is 20.3. The summed E-state index contributed by atoms with van der Waals surface area (Å²) < 4.78 is 0. The average molecular weight is 406 g/mol. The molecule has 0 saturated carbocycles. The number of nitrogens with two attached hydrogens (primary N) is 1. The number of nitrogens with one attached hydrogen (secondary N) is 3. The van der Waals surface area contributed by atoms with Crippen molar-refractivity contribution in [2.24, 2.45) is 0 Å². The minimum absolute atomic E-state index is 0.0365. The third kappa shape index (κ3) is 4.31. The third-order valence-electron chi connectivity index (χ3n) is 5.53. The number of nitrogen functional groups attached to an aromatic ring is 1. The molecule has 1 aliphatic rings. The fourth-order valence-electron chi connectivity index (χ4n) is 4.70. The maximum Gasteiger partial charge on any atom is 0.159 e. The van der Waals surface area contributed by atoms with Gasteiger partial charge in [-0.1, -0.05) is 18.2 Å². The molecule has 1 aliphatic heterocycles. The van der Waals surface area contributed by atoms with Gasteiger partial charge in [-0.3, -0.25) is 4.98 Å². The first-order valence-electron chi connectivity index (χ1n) is 10.4. The van der Waals surface area contributed by atoms with Crippen LogP contribution in [0.15, 0.2) is 36.7 Å². The molecule has 7 nitrogen and oxygen atoms in total.